The number of benzene rings is 4. The Balaban J connectivity index is 1.38. The lowest BCUT2D eigenvalue weighted by Crippen LogP contribution is -2.32. The number of carbonyl (C=O) groups is 1. The minimum atomic E-state index is -0.836. The summed E-state index contributed by atoms with van der Waals surface area (Å²) in [7, 11) is -0.218. The fourth-order valence-corrected chi connectivity index (χ4v) is 9.51. The van der Waals surface area contributed by atoms with Gasteiger partial charge in [-0.15, -0.1) is 0 Å². The molecule has 11 heteroatoms. The zero-order chi connectivity index (χ0) is 41.9. The third-order valence-electron chi connectivity index (χ3n) is 13.1. The highest BCUT2D eigenvalue weighted by Crippen LogP contribution is 2.48. The van der Waals surface area contributed by atoms with Crippen LogP contribution in [0.5, 0.6) is 23.0 Å². The van der Waals surface area contributed by atoms with Crippen LogP contribution >= 0.6 is 8.96 Å². The quantitative estimate of drug-likeness (QED) is 0.0597. The standard InChI is InChI=1S/C49H46N5O5P/c1-46(30-9-5-13-34(56)25-30)38-17-18-39(51-38)47(2,31-10-6-14-35(57)26-31)41-20-22-44(53-41)49(4,33-12-8-16-37(28-33)59-60-50)45-24-23-43(54-45)48(3,42-21-19-40(46)52-42)32-11-7-15-36(27-32)58-29-55/h5-29,51-54,56-57,60H,50H2,1-4H3. The van der Waals surface area contributed by atoms with E-state index in [2.05, 4.69) is 102 Å². The van der Waals surface area contributed by atoms with Crippen molar-refractivity contribution < 1.29 is 24.3 Å². The van der Waals surface area contributed by atoms with Gasteiger partial charge in [0.05, 0.1) is 21.7 Å². The van der Waals surface area contributed by atoms with Gasteiger partial charge in [0, 0.05) is 45.6 Å². The van der Waals surface area contributed by atoms with Crippen LogP contribution in [0, 0.1) is 0 Å². The molecule has 4 aromatic heterocycles. The molecule has 8 bridgehead atoms. The summed E-state index contributed by atoms with van der Waals surface area (Å²) >= 11 is 0. The lowest BCUT2D eigenvalue weighted by molar-refractivity contribution is -0.120. The minimum absolute atomic E-state index is 0.155. The molecule has 9 rings (SSSR count). The molecular weight excluding hydrogens is 770 g/mol. The number of hydrogen-bond donors (Lipinski definition) is 7. The maximum atomic E-state index is 11.6. The maximum absolute atomic E-state index is 11.6. The number of carbonyl (C=O) groups excluding carboxylic acids is 1. The first-order chi connectivity index (χ1) is 28.9. The van der Waals surface area contributed by atoms with Crippen LogP contribution in [0.15, 0.2) is 146 Å². The zero-order valence-electron chi connectivity index (χ0n) is 33.6. The van der Waals surface area contributed by atoms with Crippen LogP contribution in [-0.2, 0) is 26.5 Å². The first-order valence-electron chi connectivity index (χ1n) is 19.7. The molecule has 4 aromatic carbocycles. The van der Waals surface area contributed by atoms with Crippen molar-refractivity contribution in [3.8, 4) is 23.0 Å². The summed E-state index contributed by atoms with van der Waals surface area (Å²) < 4.78 is 11.3. The molecule has 302 valence electrons. The average molecular weight is 816 g/mol. The van der Waals surface area contributed by atoms with Gasteiger partial charge in [0.1, 0.15) is 32.0 Å². The summed E-state index contributed by atoms with van der Waals surface area (Å²) in [5, 5.41) is 21.8. The molecule has 0 saturated carbocycles. The molecule has 60 heavy (non-hydrogen) atoms. The summed E-state index contributed by atoms with van der Waals surface area (Å²) in [6.07, 6.45) is 0. The van der Waals surface area contributed by atoms with Gasteiger partial charge < -0.3 is 39.4 Å². The fraction of sp³-hybridized carbons (Fsp3) is 0.163. The van der Waals surface area contributed by atoms with Crippen molar-refractivity contribution in [1.82, 2.24) is 19.9 Å². The number of phenols is 2. The Kier molecular flexibility index (Phi) is 9.38. The third kappa shape index (κ3) is 5.97. The van der Waals surface area contributed by atoms with Gasteiger partial charge in [-0.1, -0.05) is 48.5 Å². The third-order valence-corrected chi connectivity index (χ3v) is 13.4. The van der Waals surface area contributed by atoms with E-state index in [1.54, 1.807) is 24.3 Å². The zero-order valence-corrected chi connectivity index (χ0v) is 34.6. The largest absolute Gasteiger partial charge is 0.508 e. The number of ether oxygens (including phenoxy) is 1. The average Bonchev–Trinajstić information content (AvgIpc) is 4.11. The molecule has 8 N–H and O–H groups in total. The normalized spacial score (nSPS) is 22.5. The molecule has 0 fully saturated rings. The Bertz CT molecular complexity index is 2870. The molecule has 5 atom stereocenters. The van der Waals surface area contributed by atoms with Gasteiger partial charge in [0.15, 0.2) is 0 Å². The number of phenolic OH excluding ortho intramolecular Hbond substituents is 2. The van der Waals surface area contributed by atoms with Gasteiger partial charge in [-0.2, -0.15) is 0 Å². The number of fused-ring (bicyclic) bond motifs is 8. The van der Waals surface area contributed by atoms with Gasteiger partial charge in [0.25, 0.3) is 6.47 Å². The first-order valence-corrected chi connectivity index (χ1v) is 20.7. The highest BCUT2D eigenvalue weighted by Gasteiger charge is 2.44. The molecule has 0 saturated heterocycles. The molecule has 8 aromatic rings. The van der Waals surface area contributed by atoms with Crippen LogP contribution in [0.2, 0.25) is 0 Å². The van der Waals surface area contributed by atoms with Crippen molar-refractivity contribution in [3.63, 3.8) is 0 Å². The summed E-state index contributed by atoms with van der Waals surface area (Å²) in [4.78, 5) is 27.1. The number of H-pyrrole nitrogens is 4. The molecular formula is C49H46N5O5P. The van der Waals surface area contributed by atoms with E-state index in [-0.39, 0.29) is 20.5 Å². The molecule has 0 amide bonds. The van der Waals surface area contributed by atoms with Crippen molar-refractivity contribution in [3.05, 3.63) is 213 Å². The Morgan fingerprint density at radius 1 is 0.467 bits per heavy atom. The lowest BCUT2D eigenvalue weighted by atomic mass is 9.76. The SMILES string of the molecule is CC1(c2cccc(O)c2)c2ccc([nH]2)C(C)(c2cccc(O)c2)c2ccc([nH]2)C(C)(c2cccc(OPN)c2)c2ccc([nH]2)C(C)(c2cccc(OC=O)c2)c2ccc1[nH]2. The molecule has 5 unspecified atom stereocenters. The van der Waals surface area contributed by atoms with Gasteiger partial charge in [-0.25, -0.2) is 0 Å². The molecule has 0 aliphatic carbocycles. The molecule has 1 aliphatic rings. The van der Waals surface area contributed by atoms with Crippen molar-refractivity contribution in [2.24, 2.45) is 5.50 Å². The van der Waals surface area contributed by atoms with Crippen LogP contribution in [0.3, 0.4) is 0 Å². The van der Waals surface area contributed by atoms with Crippen molar-refractivity contribution in [2.45, 2.75) is 49.4 Å². The topological polar surface area (TPSA) is 165 Å². The van der Waals surface area contributed by atoms with E-state index in [4.69, 9.17) is 14.8 Å². The Hall–Kier alpha value is -6.74. The number of hydrogen-bond acceptors (Lipinski definition) is 6. The second kappa shape index (κ2) is 14.5. The predicted octanol–water partition coefficient (Wildman–Crippen LogP) is 9.52. The van der Waals surface area contributed by atoms with Crippen LogP contribution in [0.25, 0.3) is 0 Å². The monoisotopic (exact) mass is 815 g/mol. The van der Waals surface area contributed by atoms with Crippen molar-refractivity contribution in [2.75, 3.05) is 0 Å². The van der Waals surface area contributed by atoms with E-state index in [1.165, 1.54) is 0 Å². The van der Waals surface area contributed by atoms with E-state index >= 15 is 0 Å². The number of rotatable bonds is 8. The van der Waals surface area contributed by atoms with Crippen molar-refractivity contribution >= 4 is 15.4 Å². The van der Waals surface area contributed by atoms with E-state index in [0.717, 1.165) is 67.8 Å². The number of aromatic amines is 4. The predicted molar refractivity (Wildman–Crippen MR) is 234 cm³/mol. The number of aromatic nitrogens is 4. The Morgan fingerprint density at radius 2 is 0.767 bits per heavy atom. The van der Waals surface area contributed by atoms with E-state index in [1.807, 2.05) is 66.7 Å². The molecule has 0 radical (unpaired) electrons. The van der Waals surface area contributed by atoms with E-state index in [9.17, 15) is 15.0 Å². The number of nitrogens with two attached hydrogens (primary N) is 1. The molecule has 10 nitrogen and oxygen atoms in total. The molecule has 0 spiro atoms. The van der Waals surface area contributed by atoms with Gasteiger partial charge in [0.2, 0.25) is 0 Å². The summed E-state index contributed by atoms with van der Waals surface area (Å²) in [6, 6.07) is 47.3. The summed E-state index contributed by atoms with van der Waals surface area (Å²) in [6.45, 7) is 9.08. The summed E-state index contributed by atoms with van der Waals surface area (Å²) in [5.74, 6) is 1.40. The van der Waals surface area contributed by atoms with E-state index < -0.39 is 21.7 Å². The van der Waals surface area contributed by atoms with Crippen LogP contribution in [0.1, 0.15) is 95.5 Å². The van der Waals surface area contributed by atoms with Crippen molar-refractivity contribution in [1.29, 1.82) is 0 Å². The second-order valence-corrected chi connectivity index (χ2v) is 16.7. The van der Waals surface area contributed by atoms with Crippen LogP contribution in [0.4, 0.5) is 0 Å². The Morgan fingerprint density at radius 3 is 1.08 bits per heavy atom. The lowest BCUT2D eigenvalue weighted by Gasteiger charge is -2.34. The molecule has 1 aliphatic heterocycles. The smallest absolute Gasteiger partial charge is 0.298 e. The Labute approximate surface area is 349 Å². The first kappa shape index (κ1) is 38.8. The molecule has 5 heterocycles. The number of nitrogens with one attached hydrogen (secondary N) is 4. The van der Waals surface area contributed by atoms with Crippen LogP contribution < -0.4 is 14.8 Å². The minimum Gasteiger partial charge on any atom is -0.508 e. The van der Waals surface area contributed by atoms with Gasteiger partial charge >= 0.3 is 0 Å². The number of aromatic hydroxyl groups is 2. The van der Waals surface area contributed by atoms with E-state index in [0.29, 0.717) is 18.0 Å². The summed E-state index contributed by atoms with van der Waals surface area (Å²) in [5.41, 5.74) is 13.4. The van der Waals surface area contributed by atoms with Crippen LogP contribution in [-0.4, -0.2) is 36.6 Å². The van der Waals surface area contributed by atoms with Gasteiger partial charge in [-0.3, -0.25) is 10.3 Å². The maximum Gasteiger partial charge on any atom is 0.298 e. The van der Waals surface area contributed by atoms with Gasteiger partial charge in [-0.05, 0) is 147 Å². The highest BCUT2D eigenvalue weighted by atomic mass is 31.1. The fourth-order valence-electron chi connectivity index (χ4n) is 9.25. The second-order valence-electron chi connectivity index (χ2n) is 16.2. The highest BCUT2D eigenvalue weighted by molar-refractivity contribution is 7.29.